The largest absolute Gasteiger partial charge is 0.465 e. The number of unbranched alkanes of at least 4 members (excludes halogenated alkanes) is 14. The zero-order valence-electron chi connectivity index (χ0n) is 21.2. The van der Waals surface area contributed by atoms with E-state index in [1.165, 1.54) is 113 Å². The molecule has 0 amide bonds. The van der Waals surface area contributed by atoms with Crippen LogP contribution in [-0.2, 0) is 11.2 Å². The molecule has 0 aliphatic heterocycles. The van der Waals surface area contributed by atoms with Crippen LogP contribution in [0, 0.1) is 0 Å². The van der Waals surface area contributed by atoms with E-state index >= 15 is 0 Å². The SMILES string of the molecule is CCCCCCCCCCCCCCCCCc1ccc2ccccc(OC(C)OC)c1-2. The lowest BCUT2D eigenvalue weighted by Gasteiger charge is -2.15. The van der Waals surface area contributed by atoms with Gasteiger partial charge in [0.2, 0.25) is 0 Å². The number of hydrogen-bond acceptors (Lipinski definition) is 2. The van der Waals surface area contributed by atoms with Gasteiger partial charge in [0.1, 0.15) is 5.75 Å². The van der Waals surface area contributed by atoms with E-state index in [-0.39, 0.29) is 6.29 Å². The van der Waals surface area contributed by atoms with E-state index in [0.29, 0.717) is 0 Å². The normalized spacial score (nSPS) is 12.3. The van der Waals surface area contributed by atoms with Crippen molar-refractivity contribution in [2.45, 2.75) is 123 Å². The molecule has 0 N–H and O–H groups in total. The Bertz CT molecular complexity index is 681. The van der Waals surface area contributed by atoms with Gasteiger partial charge in [-0.25, -0.2) is 0 Å². The van der Waals surface area contributed by atoms with Gasteiger partial charge >= 0.3 is 0 Å². The minimum Gasteiger partial charge on any atom is -0.465 e. The maximum Gasteiger partial charge on any atom is 0.196 e. The molecule has 0 aromatic heterocycles. The first-order valence-corrected chi connectivity index (χ1v) is 13.5. The van der Waals surface area contributed by atoms with E-state index in [2.05, 4.69) is 43.3 Å². The van der Waals surface area contributed by atoms with Gasteiger partial charge < -0.3 is 9.47 Å². The van der Waals surface area contributed by atoms with Crippen LogP contribution in [0.4, 0.5) is 0 Å². The first-order chi connectivity index (χ1) is 15.8. The lowest BCUT2D eigenvalue weighted by molar-refractivity contribution is -0.0378. The van der Waals surface area contributed by atoms with Crippen molar-refractivity contribution in [1.82, 2.24) is 0 Å². The van der Waals surface area contributed by atoms with Gasteiger partial charge in [0, 0.05) is 12.7 Å². The molecule has 0 bridgehead atoms. The molecule has 0 aromatic rings. The van der Waals surface area contributed by atoms with Crippen molar-refractivity contribution in [3.05, 3.63) is 42.0 Å². The molecule has 180 valence electrons. The van der Waals surface area contributed by atoms with Gasteiger partial charge in [-0.1, -0.05) is 127 Å². The summed E-state index contributed by atoms with van der Waals surface area (Å²) in [5.41, 5.74) is 3.91. The van der Waals surface area contributed by atoms with Crippen LogP contribution in [0.1, 0.15) is 116 Å². The fourth-order valence-electron chi connectivity index (χ4n) is 4.59. The van der Waals surface area contributed by atoms with Gasteiger partial charge in [-0.2, -0.15) is 0 Å². The molecular formula is C30H48O2. The second kappa shape index (κ2) is 17.0. The zero-order valence-corrected chi connectivity index (χ0v) is 21.2. The van der Waals surface area contributed by atoms with Crippen molar-refractivity contribution in [3.8, 4) is 16.9 Å². The summed E-state index contributed by atoms with van der Waals surface area (Å²) in [6, 6.07) is 12.9. The van der Waals surface area contributed by atoms with Gasteiger partial charge in [0.05, 0.1) is 0 Å². The second-order valence-electron chi connectivity index (χ2n) is 9.39. The first-order valence-electron chi connectivity index (χ1n) is 13.5. The Kier molecular flexibility index (Phi) is 14.2. The van der Waals surface area contributed by atoms with Crippen molar-refractivity contribution in [2.75, 3.05) is 7.11 Å². The molecule has 0 saturated carbocycles. The molecule has 0 fully saturated rings. The number of methoxy groups -OCH3 is 1. The van der Waals surface area contributed by atoms with E-state index in [0.717, 1.165) is 12.2 Å². The number of aryl methyl sites for hydroxylation is 1. The maximum atomic E-state index is 6.04. The van der Waals surface area contributed by atoms with E-state index in [1.807, 2.05) is 6.92 Å². The quantitative estimate of drug-likeness (QED) is 0.160. The Morgan fingerprint density at radius 3 is 1.75 bits per heavy atom. The minimum atomic E-state index is -0.242. The lowest BCUT2D eigenvalue weighted by Crippen LogP contribution is -2.13. The number of ether oxygens (including phenoxy) is 2. The predicted molar refractivity (Wildman–Crippen MR) is 139 cm³/mol. The van der Waals surface area contributed by atoms with Crippen molar-refractivity contribution < 1.29 is 9.47 Å². The van der Waals surface area contributed by atoms with Crippen molar-refractivity contribution in [1.29, 1.82) is 0 Å². The van der Waals surface area contributed by atoms with Crippen LogP contribution in [-0.4, -0.2) is 13.4 Å². The Hall–Kier alpha value is -1.54. The lowest BCUT2D eigenvalue weighted by atomic mass is 10.0. The fraction of sp³-hybridized carbons (Fsp3) is 0.667. The Balaban J connectivity index is 1.56. The van der Waals surface area contributed by atoms with Crippen molar-refractivity contribution >= 4 is 0 Å². The Morgan fingerprint density at radius 2 is 1.19 bits per heavy atom. The van der Waals surface area contributed by atoms with Gasteiger partial charge in [-0.15, -0.1) is 0 Å². The molecule has 1 atom stereocenters. The summed E-state index contributed by atoms with van der Waals surface area (Å²) < 4.78 is 11.4. The molecule has 1 unspecified atom stereocenters. The molecule has 2 heteroatoms. The average molecular weight is 441 g/mol. The van der Waals surface area contributed by atoms with Crippen molar-refractivity contribution in [3.63, 3.8) is 0 Å². The van der Waals surface area contributed by atoms with E-state index in [1.54, 1.807) is 7.11 Å². The molecule has 2 nitrogen and oxygen atoms in total. The summed E-state index contributed by atoms with van der Waals surface area (Å²) in [7, 11) is 1.69. The molecular weight excluding hydrogens is 392 g/mol. The van der Waals surface area contributed by atoms with Crippen LogP contribution in [0.25, 0.3) is 11.1 Å². The second-order valence-corrected chi connectivity index (χ2v) is 9.39. The molecule has 2 aliphatic rings. The summed E-state index contributed by atoms with van der Waals surface area (Å²) >= 11 is 0. The monoisotopic (exact) mass is 440 g/mol. The average Bonchev–Trinajstić information content (AvgIpc) is 3.10. The predicted octanol–water partition coefficient (Wildman–Crippen LogP) is 9.58. The molecule has 0 radical (unpaired) electrons. The highest BCUT2D eigenvalue weighted by molar-refractivity contribution is 5.76. The summed E-state index contributed by atoms with van der Waals surface area (Å²) in [4.78, 5) is 0. The van der Waals surface area contributed by atoms with Gasteiger partial charge in [0.25, 0.3) is 0 Å². The zero-order chi connectivity index (χ0) is 22.9. The fourth-order valence-corrected chi connectivity index (χ4v) is 4.59. The maximum absolute atomic E-state index is 6.04. The molecule has 2 rings (SSSR count). The van der Waals surface area contributed by atoms with Crippen LogP contribution >= 0.6 is 0 Å². The molecule has 32 heavy (non-hydrogen) atoms. The number of fused-ring (bicyclic) bond motifs is 1. The van der Waals surface area contributed by atoms with E-state index in [9.17, 15) is 0 Å². The number of rotatable bonds is 19. The summed E-state index contributed by atoms with van der Waals surface area (Å²) in [6.07, 6.45) is 22.0. The van der Waals surface area contributed by atoms with E-state index in [4.69, 9.17) is 9.47 Å². The standard InChI is InChI=1S/C30H48O2/c1-4-5-6-7-8-9-10-11-12-13-14-15-16-17-18-21-27-24-25-28-22-19-20-23-29(30(27)28)32-26(2)31-3/h19-20,22-26H,4-18,21H2,1-3H3. The van der Waals surface area contributed by atoms with Crippen LogP contribution in [0.2, 0.25) is 0 Å². The highest BCUT2D eigenvalue weighted by Crippen LogP contribution is 2.37. The third-order valence-electron chi connectivity index (χ3n) is 6.63. The van der Waals surface area contributed by atoms with Gasteiger partial charge in [-0.3, -0.25) is 0 Å². The topological polar surface area (TPSA) is 18.5 Å². The summed E-state index contributed by atoms with van der Waals surface area (Å²) in [5.74, 6) is 0.931. The third-order valence-corrected chi connectivity index (χ3v) is 6.63. The summed E-state index contributed by atoms with van der Waals surface area (Å²) in [5, 5.41) is 0. The molecule has 2 aliphatic carbocycles. The molecule has 0 saturated heterocycles. The molecule has 0 heterocycles. The molecule has 0 aromatic carbocycles. The van der Waals surface area contributed by atoms with E-state index < -0.39 is 0 Å². The smallest absolute Gasteiger partial charge is 0.196 e. The summed E-state index contributed by atoms with van der Waals surface area (Å²) in [6.45, 7) is 4.23. The minimum absolute atomic E-state index is 0.242. The third kappa shape index (κ3) is 10.4. The van der Waals surface area contributed by atoms with Crippen LogP contribution < -0.4 is 4.74 Å². The Morgan fingerprint density at radius 1 is 0.656 bits per heavy atom. The highest BCUT2D eigenvalue weighted by atomic mass is 16.7. The van der Waals surface area contributed by atoms with Crippen molar-refractivity contribution in [2.24, 2.45) is 0 Å². The number of hydrogen-bond donors (Lipinski definition) is 0. The molecule has 0 spiro atoms. The first kappa shape index (κ1) is 26.7. The Labute approximate surface area is 198 Å². The highest BCUT2D eigenvalue weighted by Gasteiger charge is 2.15. The van der Waals surface area contributed by atoms with Crippen LogP contribution in [0.3, 0.4) is 0 Å². The van der Waals surface area contributed by atoms with Gasteiger partial charge in [0.15, 0.2) is 6.29 Å². The van der Waals surface area contributed by atoms with Crippen LogP contribution in [0.5, 0.6) is 5.75 Å². The van der Waals surface area contributed by atoms with Gasteiger partial charge in [-0.05, 0) is 37.0 Å². The van der Waals surface area contributed by atoms with Crippen LogP contribution in [0.15, 0.2) is 36.4 Å².